The van der Waals surface area contributed by atoms with Crippen molar-refractivity contribution >= 4 is 23.4 Å². The Morgan fingerprint density at radius 1 is 1.30 bits per heavy atom. The van der Waals surface area contributed by atoms with Gasteiger partial charge in [-0.2, -0.15) is 0 Å². The molecule has 1 saturated carbocycles. The zero-order chi connectivity index (χ0) is 19.8. The zero-order valence-electron chi connectivity index (χ0n) is 15.5. The molecule has 0 aromatic heterocycles. The van der Waals surface area contributed by atoms with E-state index in [1.54, 1.807) is 0 Å². The molecule has 144 valence electrons. The molecule has 3 rings (SSSR count). The van der Waals surface area contributed by atoms with Gasteiger partial charge >= 0.3 is 0 Å². The number of rotatable bonds is 6. The predicted octanol–water partition coefficient (Wildman–Crippen LogP) is 2.67. The Morgan fingerprint density at radius 2 is 2.00 bits per heavy atom. The molecule has 2 aliphatic rings. The second-order valence-electron chi connectivity index (χ2n) is 8.02. The van der Waals surface area contributed by atoms with Gasteiger partial charge in [0.15, 0.2) is 0 Å². The zero-order valence-corrected chi connectivity index (χ0v) is 15.5. The number of fused-ring (bicyclic) bond motifs is 1. The van der Waals surface area contributed by atoms with E-state index in [0.717, 1.165) is 30.2 Å². The third-order valence-electron chi connectivity index (χ3n) is 5.28. The molecule has 1 atom stereocenters. The number of carbonyl (C=O) groups excluding carboxylic acids is 3. The van der Waals surface area contributed by atoms with E-state index >= 15 is 0 Å². The maximum absolute atomic E-state index is 12.4. The van der Waals surface area contributed by atoms with Gasteiger partial charge in [-0.15, -0.1) is 0 Å². The topological polar surface area (TPSA) is 110 Å². The first-order valence-electron chi connectivity index (χ1n) is 9.12. The molecule has 1 fully saturated rings. The van der Waals surface area contributed by atoms with Gasteiger partial charge in [-0.3, -0.25) is 29.4 Å². The number of nitrogens with zero attached hydrogens (tertiary/aromatic N) is 2. The lowest BCUT2D eigenvalue weighted by Gasteiger charge is -2.18. The quantitative estimate of drug-likeness (QED) is 0.468. The molecular weight excluding hydrogens is 350 g/mol. The number of nitro groups is 1. The number of carbonyl (C=O) groups is 3. The highest BCUT2D eigenvalue weighted by molar-refractivity contribution is 6.21. The van der Waals surface area contributed by atoms with Crippen LogP contribution in [0.3, 0.4) is 0 Å². The van der Waals surface area contributed by atoms with Gasteiger partial charge in [0.05, 0.1) is 16.1 Å². The number of amides is 3. The van der Waals surface area contributed by atoms with Crippen LogP contribution in [0, 0.1) is 15.5 Å². The molecule has 0 radical (unpaired) electrons. The molecule has 1 aromatic carbocycles. The van der Waals surface area contributed by atoms with Crippen LogP contribution in [0.5, 0.6) is 0 Å². The van der Waals surface area contributed by atoms with E-state index in [1.807, 2.05) is 0 Å². The first-order valence-corrected chi connectivity index (χ1v) is 9.12. The van der Waals surface area contributed by atoms with Crippen LogP contribution < -0.4 is 5.32 Å². The largest absolute Gasteiger partial charge is 0.353 e. The summed E-state index contributed by atoms with van der Waals surface area (Å²) in [5, 5.41) is 13.9. The van der Waals surface area contributed by atoms with Crippen LogP contribution in [0.4, 0.5) is 5.69 Å². The Labute approximate surface area is 157 Å². The Kier molecular flexibility index (Phi) is 4.99. The summed E-state index contributed by atoms with van der Waals surface area (Å²) in [6.07, 6.45) is 3.59. The molecule has 0 bridgehead atoms. The summed E-state index contributed by atoms with van der Waals surface area (Å²) in [5.74, 6) is -1.09. The molecule has 27 heavy (non-hydrogen) atoms. The van der Waals surface area contributed by atoms with Crippen molar-refractivity contribution in [3.8, 4) is 0 Å². The lowest BCUT2D eigenvalue weighted by molar-refractivity contribution is -0.384. The predicted molar refractivity (Wildman–Crippen MR) is 97.3 cm³/mol. The number of nitro benzene ring substituents is 1. The van der Waals surface area contributed by atoms with Crippen molar-refractivity contribution in [2.75, 3.05) is 6.54 Å². The van der Waals surface area contributed by atoms with E-state index in [-0.39, 0.29) is 47.1 Å². The van der Waals surface area contributed by atoms with Crippen molar-refractivity contribution in [1.29, 1.82) is 0 Å². The number of nitrogens with one attached hydrogen (secondary N) is 1. The number of benzene rings is 1. The van der Waals surface area contributed by atoms with Crippen molar-refractivity contribution < 1.29 is 19.3 Å². The fourth-order valence-electron chi connectivity index (χ4n) is 3.85. The van der Waals surface area contributed by atoms with Crippen LogP contribution in [0.25, 0.3) is 0 Å². The Bertz CT molecular complexity index is 818. The summed E-state index contributed by atoms with van der Waals surface area (Å²) in [6.45, 7) is 4.49. The maximum atomic E-state index is 12.4. The lowest BCUT2D eigenvalue weighted by Crippen LogP contribution is -2.35. The fraction of sp³-hybridized carbons (Fsp3) is 0.526. The van der Waals surface area contributed by atoms with Gasteiger partial charge < -0.3 is 5.32 Å². The summed E-state index contributed by atoms with van der Waals surface area (Å²) >= 11 is 0. The molecule has 8 heteroatoms. The number of hydrogen-bond donors (Lipinski definition) is 1. The third-order valence-corrected chi connectivity index (χ3v) is 5.28. The maximum Gasteiger partial charge on any atom is 0.270 e. The van der Waals surface area contributed by atoms with Crippen LogP contribution in [-0.2, 0) is 4.79 Å². The first kappa shape index (κ1) is 19.0. The minimum atomic E-state index is -0.602. The molecule has 1 aliphatic carbocycles. The molecule has 8 nitrogen and oxygen atoms in total. The first-order chi connectivity index (χ1) is 12.7. The van der Waals surface area contributed by atoms with Gasteiger partial charge in [-0.1, -0.05) is 13.8 Å². The summed E-state index contributed by atoms with van der Waals surface area (Å²) in [7, 11) is 0. The summed E-state index contributed by atoms with van der Waals surface area (Å²) in [4.78, 5) is 48.2. The second kappa shape index (κ2) is 7.09. The lowest BCUT2D eigenvalue weighted by atomic mass is 9.92. The molecule has 1 heterocycles. The van der Waals surface area contributed by atoms with E-state index in [1.165, 1.54) is 12.1 Å². The van der Waals surface area contributed by atoms with Crippen molar-refractivity contribution in [3.63, 3.8) is 0 Å². The van der Waals surface area contributed by atoms with Crippen molar-refractivity contribution in [1.82, 2.24) is 10.2 Å². The molecule has 1 aromatic rings. The Morgan fingerprint density at radius 3 is 2.63 bits per heavy atom. The molecule has 0 saturated heterocycles. The van der Waals surface area contributed by atoms with E-state index < -0.39 is 16.7 Å². The minimum absolute atomic E-state index is 0.0480. The highest BCUT2D eigenvalue weighted by Gasteiger charge is 2.36. The van der Waals surface area contributed by atoms with E-state index in [2.05, 4.69) is 19.2 Å². The van der Waals surface area contributed by atoms with E-state index in [4.69, 9.17) is 0 Å². The van der Waals surface area contributed by atoms with Crippen molar-refractivity contribution in [2.24, 2.45) is 5.41 Å². The average molecular weight is 373 g/mol. The van der Waals surface area contributed by atoms with Crippen LogP contribution in [-0.4, -0.2) is 40.1 Å². The number of imide groups is 1. The van der Waals surface area contributed by atoms with Gasteiger partial charge in [-0.05, 0) is 37.2 Å². The fourth-order valence-corrected chi connectivity index (χ4v) is 3.85. The Balaban J connectivity index is 1.53. The van der Waals surface area contributed by atoms with Crippen LogP contribution in [0.15, 0.2) is 18.2 Å². The summed E-state index contributed by atoms with van der Waals surface area (Å²) in [5.41, 5.74) is 0.242. The van der Waals surface area contributed by atoms with Crippen LogP contribution in [0.2, 0.25) is 0 Å². The summed E-state index contributed by atoms with van der Waals surface area (Å²) < 4.78 is 0. The monoisotopic (exact) mass is 373 g/mol. The van der Waals surface area contributed by atoms with Gasteiger partial charge in [0.1, 0.15) is 0 Å². The van der Waals surface area contributed by atoms with Crippen LogP contribution in [0.1, 0.15) is 66.7 Å². The van der Waals surface area contributed by atoms with Gasteiger partial charge in [0.2, 0.25) is 5.91 Å². The molecule has 1 unspecified atom stereocenters. The van der Waals surface area contributed by atoms with Gasteiger partial charge in [-0.25, -0.2) is 0 Å². The highest BCUT2D eigenvalue weighted by Crippen LogP contribution is 2.36. The number of non-ortho nitro benzene ring substituents is 1. The molecule has 1 N–H and O–H groups in total. The smallest absolute Gasteiger partial charge is 0.270 e. The SMILES string of the molecule is CC1(C)CCC(NC(=O)CCCN2C(=O)c3ccc([N+](=O)[O-])cc3C2=O)C1. The van der Waals surface area contributed by atoms with Crippen molar-refractivity contribution in [2.45, 2.75) is 52.0 Å². The molecule has 1 aliphatic heterocycles. The van der Waals surface area contributed by atoms with Gasteiger partial charge in [0, 0.05) is 31.1 Å². The standard InChI is InChI=1S/C19H23N3O5/c1-19(2)8-7-12(11-19)20-16(23)4-3-9-21-17(24)14-6-5-13(22(26)27)10-15(14)18(21)25/h5-6,10,12H,3-4,7-9,11H2,1-2H3,(H,20,23). The normalized spacial score (nSPS) is 20.7. The molecule has 3 amide bonds. The van der Waals surface area contributed by atoms with E-state index in [9.17, 15) is 24.5 Å². The van der Waals surface area contributed by atoms with Crippen molar-refractivity contribution in [3.05, 3.63) is 39.4 Å². The third kappa shape index (κ3) is 3.99. The van der Waals surface area contributed by atoms with Gasteiger partial charge in [0.25, 0.3) is 17.5 Å². The van der Waals surface area contributed by atoms with E-state index in [0.29, 0.717) is 6.42 Å². The highest BCUT2D eigenvalue weighted by atomic mass is 16.6. The summed E-state index contributed by atoms with van der Waals surface area (Å²) in [6, 6.07) is 3.84. The van der Waals surface area contributed by atoms with Crippen LogP contribution >= 0.6 is 0 Å². The second-order valence-corrected chi connectivity index (χ2v) is 8.02. The molecular formula is C19H23N3O5. The Hall–Kier alpha value is -2.77. The average Bonchev–Trinajstić information content (AvgIpc) is 3.05. The number of hydrogen-bond acceptors (Lipinski definition) is 5. The molecule has 0 spiro atoms. The minimum Gasteiger partial charge on any atom is -0.353 e.